The summed E-state index contributed by atoms with van der Waals surface area (Å²) in [5, 5.41) is 8.26. The molecular weight excluding hydrogens is 477 g/mol. The molecule has 0 N–H and O–H groups in total. The van der Waals surface area contributed by atoms with Crippen LogP contribution in [0.15, 0.2) is 69.9 Å². The number of hydrogen-bond donors (Lipinski definition) is 0. The van der Waals surface area contributed by atoms with E-state index in [9.17, 15) is 9.18 Å². The Kier molecular flexibility index (Phi) is 5.57. The van der Waals surface area contributed by atoms with Gasteiger partial charge >= 0.3 is 0 Å². The summed E-state index contributed by atoms with van der Waals surface area (Å²) in [4.78, 5) is 19.4. The average molecular weight is 496 g/mol. The third-order valence-electron chi connectivity index (χ3n) is 5.51. The standard InChI is InChI=1S/C23H19BrFN5O2/c24-18-12-26-30(14-18)20-8-6-15(7-9-20)23(31)29-10-2-4-17(13-29)22-27-21(28-32-22)16-3-1-5-19(25)11-16/h1,3,5-9,11-12,14,17H,2,4,10,13H2. The van der Waals surface area contributed by atoms with Crippen molar-refractivity contribution in [2.75, 3.05) is 13.1 Å². The van der Waals surface area contributed by atoms with Gasteiger partial charge in [-0.15, -0.1) is 0 Å². The molecule has 0 bridgehead atoms. The van der Waals surface area contributed by atoms with Crippen molar-refractivity contribution in [2.45, 2.75) is 18.8 Å². The second-order valence-corrected chi connectivity index (χ2v) is 8.62. The molecule has 1 amide bonds. The van der Waals surface area contributed by atoms with Gasteiger partial charge < -0.3 is 9.42 Å². The Balaban J connectivity index is 1.29. The molecule has 0 spiro atoms. The highest BCUT2D eigenvalue weighted by atomic mass is 79.9. The van der Waals surface area contributed by atoms with Gasteiger partial charge in [-0.1, -0.05) is 17.3 Å². The zero-order valence-electron chi connectivity index (χ0n) is 17.0. The van der Waals surface area contributed by atoms with E-state index in [2.05, 4.69) is 31.2 Å². The summed E-state index contributed by atoms with van der Waals surface area (Å²) < 4.78 is 21.6. The number of piperidine rings is 1. The molecule has 1 fully saturated rings. The van der Waals surface area contributed by atoms with Crippen molar-refractivity contribution in [2.24, 2.45) is 0 Å². The maximum Gasteiger partial charge on any atom is 0.253 e. The van der Waals surface area contributed by atoms with Gasteiger partial charge in [0.25, 0.3) is 5.91 Å². The molecule has 9 heteroatoms. The smallest absolute Gasteiger partial charge is 0.253 e. The number of amides is 1. The summed E-state index contributed by atoms with van der Waals surface area (Å²) >= 11 is 3.38. The molecule has 1 atom stereocenters. The minimum atomic E-state index is -0.352. The summed E-state index contributed by atoms with van der Waals surface area (Å²) in [6.07, 6.45) is 5.26. The topological polar surface area (TPSA) is 77.1 Å². The van der Waals surface area contributed by atoms with Gasteiger partial charge in [-0.2, -0.15) is 10.1 Å². The van der Waals surface area contributed by atoms with Gasteiger partial charge in [0.2, 0.25) is 11.7 Å². The van der Waals surface area contributed by atoms with Crippen LogP contribution in [0.3, 0.4) is 0 Å². The van der Waals surface area contributed by atoms with Crippen LogP contribution < -0.4 is 0 Å². The first-order chi connectivity index (χ1) is 15.6. The zero-order chi connectivity index (χ0) is 22.1. The lowest BCUT2D eigenvalue weighted by atomic mass is 9.97. The molecule has 1 aliphatic heterocycles. The highest BCUT2D eigenvalue weighted by molar-refractivity contribution is 9.10. The van der Waals surface area contributed by atoms with Crippen LogP contribution in [0.25, 0.3) is 17.1 Å². The summed E-state index contributed by atoms with van der Waals surface area (Å²) in [5.74, 6) is 0.385. The van der Waals surface area contributed by atoms with E-state index < -0.39 is 0 Å². The third-order valence-corrected chi connectivity index (χ3v) is 5.92. The van der Waals surface area contributed by atoms with Crippen LogP contribution in [-0.4, -0.2) is 43.8 Å². The number of hydrogen-bond acceptors (Lipinski definition) is 5. The lowest BCUT2D eigenvalue weighted by Crippen LogP contribution is -2.39. The van der Waals surface area contributed by atoms with Crippen LogP contribution in [0, 0.1) is 5.82 Å². The van der Waals surface area contributed by atoms with Crippen molar-refractivity contribution in [1.29, 1.82) is 0 Å². The van der Waals surface area contributed by atoms with Gasteiger partial charge in [-0.05, 0) is 65.2 Å². The predicted molar refractivity (Wildman–Crippen MR) is 119 cm³/mol. The Bertz CT molecular complexity index is 1250. The minimum absolute atomic E-state index is 0.0345. The largest absolute Gasteiger partial charge is 0.339 e. The van der Waals surface area contributed by atoms with Crippen molar-refractivity contribution in [3.05, 3.63) is 82.7 Å². The molecule has 5 rings (SSSR count). The van der Waals surface area contributed by atoms with Crippen LogP contribution in [0.4, 0.5) is 4.39 Å². The first-order valence-corrected chi connectivity index (χ1v) is 11.1. The van der Waals surface area contributed by atoms with Crippen LogP contribution >= 0.6 is 15.9 Å². The molecule has 1 unspecified atom stereocenters. The lowest BCUT2D eigenvalue weighted by Gasteiger charge is -2.31. The van der Waals surface area contributed by atoms with Crippen molar-refractivity contribution >= 4 is 21.8 Å². The van der Waals surface area contributed by atoms with E-state index in [0.717, 1.165) is 23.0 Å². The van der Waals surface area contributed by atoms with Gasteiger partial charge in [0, 0.05) is 30.4 Å². The average Bonchev–Trinajstić information content (AvgIpc) is 3.48. The summed E-state index contributed by atoms with van der Waals surface area (Å²) in [7, 11) is 0. The molecule has 32 heavy (non-hydrogen) atoms. The van der Waals surface area contributed by atoms with E-state index in [-0.39, 0.29) is 17.6 Å². The van der Waals surface area contributed by atoms with Crippen molar-refractivity contribution in [1.82, 2.24) is 24.8 Å². The third kappa shape index (κ3) is 4.20. The number of carbonyl (C=O) groups excluding carboxylic acids is 1. The highest BCUT2D eigenvalue weighted by Crippen LogP contribution is 2.28. The van der Waals surface area contributed by atoms with Gasteiger partial charge in [0.1, 0.15) is 5.82 Å². The Labute approximate surface area is 192 Å². The minimum Gasteiger partial charge on any atom is -0.339 e. The molecule has 7 nitrogen and oxygen atoms in total. The Morgan fingerprint density at radius 2 is 2.03 bits per heavy atom. The van der Waals surface area contributed by atoms with E-state index in [0.29, 0.717) is 35.9 Å². The first kappa shape index (κ1) is 20.6. The number of benzene rings is 2. The number of halogens is 2. The quantitative estimate of drug-likeness (QED) is 0.404. The summed E-state index contributed by atoms with van der Waals surface area (Å²) in [6, 6.07) is 13.5. The van der Waals surface area contributed by atoms with Gasteiger partial charge in [-0.25, -0.2) is 9.07 Å². The number of likely N-dealkylation sites (tertiary alicyclic amines) is 1. The Hall–Kier alpha value is -3.33. The van der Waals surface area contributed by atoms with Gasteiger partial charge in [-0.3, -0.25) is 4.79 Å². The zero-order valence-corrected chi connectivity index (χ0v) is 18.6. The van der Waals surface area contributed by atoms with Gasteiger partial charge in [0.15, 0.2) is 0 Å². The van der Waals surface area contributed by atoms with E-state index >= 15 is 0 Å². The molecule has 1 saturated heterocycles. The number of nitrogens with zero attached hydrogens (tertiary/aromatic N) is 5. The molecule has 2 aromatic carbocycles. The fourth-order valence-corrected chi connectivity index (χ4v) is 4.18. The van der Waals surface area contributed by atoms with Crippen molar-refractivity contribution in [3.8, 4) is 17.1 Å². The van der Waals surface area contributed by atoms with Crippen LogP contribution in [0.1, 0.15) is 35.0 Å². The molecule has 3 heterocycles. The van der Waals surface area contributed by atoms with E-state index in [4.69, 9.17) is 4.52 Å². The SMILES string of the molecule is O=C(c1ccc(-n2cc(Br)cn2)cc1)N1CCCC(c2nc(-c3cccc(F)c3)no2)C1. The molecule has 0 radical (unpaired) electrons. The van der Waals surface area contributed by atoms with E-state index in [1.54, 1.807) is 23.0 Å². The molecular formula is C23H19BrFN5O2. The summed E-state index contributed by atoms with van der Waals surface area (Å²) in [5.41, 5.74) is 2.05. The molecule has 162 valence electrons. The Morgan fingerprint density at radius 3 is 2.78 bits per heavy atom. The molecule has 0 saturated carbocycles. The fraction of sp³-hybridized carbons (Fsp3) is 0.217. The normalized spacial score (nSPS) is 16.3. The van der Waals surface area contributed by atoms with Crippen LogP contribution in [0.2, 0.25) is 0 Å². The molecule has 4 aromatic rings. The lowest BCUT2D eigenvalue weighted by molar-refractivity contribution is 0.0695. The second kappa shape index (κ2) is 8.66. The van der Waals surface area contributed by atoms with Crippen molar-refractivity contribution < 1.29 is 13.7 Å². The van der Waals surface area contributed by atoms with Crippen LogP contribution in [0.5, 0.6) is 0 Å². The monoisotopic (exact) mass is 495 g/mol. The molecule has 2 aromatic heterocycles. The maximum atomic E-state index is 13.5. The maximum absolute atomic E-state index is 13.5. The number of rotatable bonds is 4. The highest BCUT2D eigenvalue weighted by Gasteiger charge is 2.29. The summed E-state index contributed by atoms with van der Waals surface area (Å²) in [6.45, 7) is 1.17. The second-order valence-electron chi connectivity index (χ2n) is 7.71. The fourth-order valence-electron chi connectivity index (χ4n) is 3.89. The number of aromatic nitrogens is 4. The number of carbonyl (C=O) groups is 1. The van der Waals surface area contributed by atoms with E-state index in [1.165, 1.54) is 12.1 Å². The van der Waals surface area contributed by atoms with Crippen molar-refractivity contribution in [3.63, 3.8) is 0 Å². The van der Waals surface area contributed by atoms with E-state index in [1.807, 2.05) is 35.4 Å². The van der Waals surface area contributed by atoms with Crippen LogP contribution in [-0.2, 0) is 0 Å². The van der Waals surface area contributed by atoms with Gasteiger partial charge in [0.05, 0.1) is 22.3 Å². The molecule has 1 aliphatic rings. The first-order valence-electron chi connectivity index (χ1n) is 10.3. The Morgan fingerprint density at radius 1 is 1.19 bits per heavy atom. The molecule has 0 aliphatic carbocycles. The predicted octanol–water partition coefficient (Wildman–Crippen LogP) is 4.84.